The molecule has 0 radical (unpaired) electrons. The van der Waals surface area contributed by atoms with E-state index in [-0.39, 0.29) is 21.0 Å². The zero-order valence-electron chi connectivity index (χ0n) is 17.7. The van der Waals surface area contributed by atoms with Crippen molar-refractivity contribution in [1.29, 1.82) is 0 Å². The highest BCUT2D eigenvalue weighted by Gasteiger charge is 2.55. The Morgan fingerprint density at radius 2 is 2.00 bits per heavy atom. The molecule has 0 spiro atoms. The highest BCUT2D eigenvalue weighted by molar-refractivity contribution is 8.21. The van der Waals surface area contributed by atoms with Crippen molar-refractivity contribution in [3.63, 3.8) is 0 Å². The molecule has 1 saturated heterocycles. The van der Waals surface area contributed by atoms with Gasteiger partial charge in [-0.05, 0) is 38.0 Å². The molecule has 0 aromatic carbocycles. The lowest BCUT2D eigenvalue weighted by Gasteiger charge is -2.51. The van der Waals surface area contributed by atoms with Crippen LogP contribution >= 0.6 is 23.5 Å². The summed E-state index contributed by atoms with van der Waals surface area (Å²) in [6.07, 6.45) is 8.19. The second-order valence-electron chi connectivity index (χ2n) is 8.98. The van der Waals surface area contributed by atoms with Crippen molar-refractivity contribution in [3.8, 4) is 0 Å². The number of methoxy groups -OCH3 is 1. The number of hydrogen-bond donors (Lipinski definition) is 0. The average molecular weight is 409 g/mol. The molecule has 0 bridgehead atoms. The molecule has 0 amide bonds. The van der Waals surface area contributed by atoms with E-state index in [1.54, 1.807) is 0 Å². The topological polar surface area (TPSA) is 26.3 Å². The smallest absolute Gasteiger partial charge is 0.159 e. The number of carbonyl (C=O) groups excluding carboxylic acids is 1. The monoisotopic (exact) mass is 408 g/mol. The first kappa shape index (κ1) is 21.5. The van der Waals surface area contributed by atoms with Gasteiger partial charge < -0.3 is 4.74 Å². The van der Waals surface area contributed by atoms with Crippen LogP contribution in [-0.4, -0.2) is 34.6 Å². The number of allylic oxidation sites excluding steroid dienone is 2. The van der Waals surface area contributed by atoms with Crippen LogP contribution in [0.2, 0.25) is 0 Å². The van der Waals surface area contributed by atoms with Gasteiger partial charge in [-0.1, -0.05) is 39.3 Å². The minimum absolute atomic E-state index is 0.0309. The Labute approximate surface area is 174 Å². The first-order valence-corrected chi connectivity index (χ1v) is 12.4. The van der Waals surface area contributed by atoms with E-state index in [1.807, 2.05) is 7.11 Å². The first-order valence-electron chi connectivity index (χ1n) is 10.5. The minimum atomic E-state index is -0.191. The number of ketones is 1. The standard InChI is InChI=1S/C23H36O2S2/c1-7-21(4,23(8-2)26-13-14-27-23)15-19(25-6)22(5)16(3)9-10-17-11-12-18(24)20(17)22/h7,16,19H,1,8-15H2,2-6H3/t16?,19-,21-,22?/m1/s1. The van der Waals surface area contributed by atoms with E-state index in [9.17, 15) is 4.79 Å². The summed E-state index contributed by atoms with van der Waals surface area (Å²) in [5.41, 5.74) is 2.31. The lowest BCUT2D eigenvalue weighted by Crippen LogP contribution is -2.49. The molecule has 0 aromatic heterocycles. The third-order valence-corrected chi connectivity index (χ3v) is 12.1. The summed E-state index contributed by atoms with van der Waals surface area (Å²) in [6, 6.07) is 0. The zero-order valence-corrected chi connectivity index (χ0v) is 19.4. The largest absolute Gasteiger partial charge is 0.380 e. The second kappa shape index (κ2) is 7.91. The molecule has 1 aliphatic heterocycles. The maximum absolute atomic E-state index is 12.9. The van der Waals surface area contributed by atoms with Gasteiger partial charge in [0.25, 0.3) is 0 Å². The molecule has 3 aliphatic rings. The van der Waals surface area contributed by atoms with Gasteiger partial charge in [0.15, 0.2) is 5.78 Å². The second-order valence-corrected chi connectivity index (χ2v) is 12.0. The third-order valence-electron chi connectivity index (χ3n) is 7.83. The fraction of sp³-hybridized carbons (Fsp3) is 0.783. The lowest BCUT2D eigenvalue weighted by molar-refractivity contribution is -0.118. The molecule has 2 unspecified atom stereocenters. The van der Waals surface area contributed by atoms with E-state index < -0.39 is 0 Å². The summed E-state index contributed by atoms with van der Waals surface area (Å²) in [7, 11) is 1.84. The summed E-state index contributed by atoms with van der Waals surface area (Å²) in [5.74, 6) is 3.25. The average Bonchev–Trinajstić information content (AvgIpc) is 3.31. The van der Waals surface area contributed by atoms with Crippen LogP contribution in [0.1, 0.15) is 66.2 Å². The Kier molecular flexibility index (Phi) is 6.31. The van der Waals surface area contributed by atoms with Crippen molar-refractivity contribution in [2.45, 2.75) is 76.4 Å². The summed E-state index contributed by atoms with van der Waals surface area (Å²) in [6.45, 7) is 13.6. The van der Waals surface area contributed by atoms with Gasteiger partial charge in [-0.15, -0.1) is 30.1 Å². The number of rotatable bonds is 7. The van der Waals surface area contributed by atoms with Gasteiger partial charge in [-0.25, -0.2) is 0 Å². The molecule has 1 fully saturated rings. The molecule has 0 aromatic rings. The van der Waals surface area contributed by atoms with Gasteiger partial charge in [0, 0.05) is 41.4 Å². The predicted octanol–water partition coefficient (Wildman–Crippen LogP) is 6.27. The molecule has 27 heavy (non-hydrogen) atoms. The molecule has 4 heteroatoms. The number of carbonyl (C=O) groups is 1. The van der Waals surface area contributed by atoms with Crippen LogP contribution in [0, 0.1) is 16.7 Å². The highest BCUT2D eigenvalue weighted by atomic mass is 32.2. The maximum Gasteiger partial charge on any atom is 0.159 e. The normalized spacial score (nSPS) is 33.7. The van der Waals surface area contributed by atoms with Gasteiger partial charge in [0.1, 0.15) is 0 Å². The van der Waals surface area contributed by atoms with Crippen LogP contribution in [0.15, 0.2) is 23.8 Å². The van der Waals surface area contributed by atoms with E-state index in [4.69, 9.17) is 4.74 Å². The summed E-state index contributed by atoms with van der Waals surface area (Å²) >= 11 is 4.19. The number of hydrogen-bond acceptors (Lipinski definition) is 4. The van der Waals surface area contributed by atoms with E-state index in [0.717, 1.165) is 37.7 Å². The Hall–Kier alpha value is -0.190. The van der Waals surface area contributed by atoms with E-state index >= 15 is 0 Å². The fourth-order valence-corrected chi connectivity index (χ4v) is 9.33. The van der Waals surface area contributed by atoms with Gasteiger partial charge in [-0.2, -0.15) is 0 Å². The Balaban J connectivity index is 1.99. The van der Waals surface area contributed by atoms with Crippen molar-refractivity contribution in [2.24, 2.45) is 16.7 Å². The quantitative estimate of drug-likeness (QED) is 0.464. The molecule has 3 rings (SSSR count). The minimum Gasteiger partial charge on any atom is -0.380 e. The van der Waals surface area contributed by atoms with Crippen LogP contribution in [0.4, 0.5) is 0 Å². The lowest BCUT2D eigenvalue weighted by atomic mass is 9.59. The summed E-state index contributed by atoms with van der Waals surface area (Å²) in [5, 5.41) is 0. The van der Waals surface area contributed by atoms with E-state index in [1.165, 1.54) is 17.1 Å². The number of thioether (sulfide) groups is 2. The SMILES string of the molecule is C=C[C@](C)(C[C@@H](OC)C1(C)C2=C(CCC2=O)CCC1C)C1(CC)SCCS1. The molecule has 0 N–H and O–H groups in total. The van der Waals surface area contributed by atoms with Crippen LogP contribution in [-0.2, 0) is 9.53 Å². The zero-order chi connectivity index (χ0) is 19.9. The molecular formula is C23H36O2S2. The maximum atomic E-state index is 12.9. The van der Waals surface area contributed by atoms with Gasteiger partial charge in [0.2, 0.25) is 0 Å². The Morgan fingerprint density at radius 1 is 1.33 bits per heavy atom. The van der Waals surface area contributed by atoms with Gasteiger partial charge in [-0.3, -0.25) is 4.79 Å². The van der Waals surface area contributed by atoms with Gasteiger partial charge in [0.05, 0.1) is 10.2 Å². The molecular weight excluding hydrogens is 372 g/mol. The Morgan fingerprint density at radius 3 is 2.56 bits per heavy atom. The Bertz CT molecular complexity index is 634. The molecule has 2 nitrogen and oxygen atoms in total. The first-order chi connectivity index (χ1) is 12.8. The molecule has 152 valence electrons. The van der Waals surface area contributed by atoms with Crippen molar-refractivity contribution < 1.29 is 9.53 Å². The summed E-state index contributed by atoms with van der Waals surface area (Å²) < 4.78 is 6.38. The van der Waals surface area contributed by atoms with Crippen LogP contribution in [0.5, 0.6) is 0 Å². The van der Waals surface area contributed by atoms with Gasteiger partial charge >= 0.3 is 0 Å². The van der Waals surface area contributed by atoms with Crippen molar-refractivity contribution in [1.82, 2.24) is 0 Å². The van der Waals surface area contributed by atoms with Crippen LogP contribution < -0.4 is 0 Å². The molecule has 2 aliphatic carbocycles. The van der Waals surface area contributed by atoms with E-state index in [0.29, 0.717) is 18.1 Å². The van der Waals surface area contributed by atoms with Crippen molar-refractivity contribution in [2.75, 3.05) is 18.6 Å². The number of ether oxygens (including phenoxy) is 1. The highest BCUT2D eigenvalue weighted by Crippen LogP contribution is 2.61. The predicted molar refractivity (Wildman–Crippen MR) is 119 cm³/mol. The van der Waals surface area contributed by atoms with Crippen LogP contribution in [0.25, 0.3) is 0 Å². The third kappa shape index (κ3) is 3.28. The number of Topliss-reactive ketones (excluding diaryl/α,β-unsaturated/α-hetero) is 1. The van der Waals surface area contributed by atoms with Crippen molar-refractivity contribution >= 4 is 29.3 Å². The molecule has 4 atom stereocenters. The van der Waals surface area contributed by atoms with E-state index in [2.05, 4.69) is 63.9 Å². The molecule has 1 heterocycles. The molecule has 0 saturated carbocycles. The fourth-order valence-electron chi connectivity index (χ4n) is 5.77. The van der Waals surface area contributed by atoms with Crippen molar-refractivity contribution in [3.05, 3.63) is 23.8 Å². The summed E-state index contributed by atoms with van der Waals surface area (Å²) in [4.78, 5) is 12.9. The van der Waals surface area contributed by atoms with Crippen LogP contribution in [0.3, 0.4) is 0 Å².